The molecule has 0 aromatic heterocycles. The quantitative estimate of drug-likeness (QED) is 0.136. The number of benzene rings is 1. The van der Waals surface area contributed by atoms with Crippen LogP contribution in [0.25, 0.3) is 0 Å². The molecule has 0 atom stereocenters. The molecule has 31 heavy (non-hydrogen) atoms. The Balaban J connectivity index is 0.000000683. The molecule has 5 nitrogen and oxygen atoms in total. The minimum absolute atomic E-state index is 0.0871. The van der Waals surface area contributed by atoms with Gasteiger partial charge in [0.15, 0.2) is 11.5 Å². The lowest BCUT2D eigenvalue weighted by atomic mass is 10.1. The van der Waals surface area contributed by atoms with E-state index in [1.54, 1.807) is 6.07 Å². The first-order valence-electron chi connectivity index (χ1n) is 11.7. The predicted molar refractivity (Wildman–Crippen MR) is 130 cm³/mol. The molecule has 0 bridgehead atoms. The average molecular weight is 434 g/mol. The van der Waals surface area contributed by atoms with Gasteiger partial charge in [0.05, 0.1) is 0 Å². The Morgan fingerprint density at radius 3 is 2.06 bits per heavy atom. The lowest BCUT2D eigenvalue weighted by Crippen LogP contribution is -2.02. The Bertz CT molecular complexity index is 626. The zero-order valence-electron chi connectivity index (χ0n) is 19.3. The van der Waals surface area contributed by atoms with Gasteiger partial charge in [-0.25, -0.2) is 0 Å². The molecule has 176 valence electrons. The van der Waals surface area contributed by atoms with Crippen LogP contribution in [0, 0.1) is 0 Å². The lowest BCUT2D eigenvalue weighted by Gasteiger charge is -2.00. The maximum Gasteiger partial charge on any atom is 0.303 e. The highest BCUT2D eigenvalue weighted by Gasteiger charge is 1.98. The number of allylic oxidation sites excluding steroid dienone is 4. The molecule has 0 radical (unpaired) electrons. The number of nitrogens with two attached hydrogens (primary N) is 1. The van der Waals surface area contributed by atoms with Crippen molar-refractivity contribution in [2.24, 2.45) is 5.73 Å². The third-order valence-electron chi connectivity index (χ3n) is 4.81. The van der Waals surface area contributed by atoms with E-state index in [2.05, 4.69) is 31.2 Å². The Kier molecular flexibility index (Phi) is 19.4. The molecule has 1 aromatic rings. The van der Waals surface area contributed by atoms with E-state index in [1.807, 2.05) is 0 Å². The van der Waals surface area contributed by atoms with Crippen LogP contribution in [0.5, 0.6) is 11.5 Å². The van der Waals surface area contributed by atoms with Gasteiger partial charge >= 0.3 is 5.97 Å². The van der Waals surface area contributed by atoms with E-state index in [1.165, 1.54) is 57.1 Å². The maximum atomic E-state index is 10.3. The highest BCUT2D eigenvalue weighted by atomic mass is 16.4. The van der Waals surface area contributed by atoms with Crippen molar-refractivity contribution in [2.75, 3.05) is 6.54 Å². The summed E-state index contributed by atoms with van der Waals surface area (Å²) in [5.74, 6) is -0.850. The smallest absolute Gasteiger partial charge is 0.303 e. The van der Waals surface area contributed by atoms with Crippen LogP contribution in [0.2, 0.25) is 0 Å². The van der Waals surface area contributed by atoms with Crippen LogP contribution in [0.4, 0.5) is 0 Å². The van der Waals surface area contributed by atoms with Crippen molar-refractivity contribution < 1.29 is 20.1 Å². The number of unbranched alkanes of at least 4 members (excludes halogenated alkanes) is 8. The highest BCUT2D eigenvalue weighted by Crippen LogP contribution is 2.24. The Hall–Kier alpha value is -2.27. The highest BCUT2D eigenvalue weighted by molar-refractivity contribution is 5.66. The second-order valence-electron chi connectivity index (χ2n) is 7.74. The normalized spacial score (nSPS) is 11.0. The van der Waals surface area contributed by atoms with Crippen LogP contribution in [-0.2, 0) is 11.2 Å². The SMILES string of the molecule is CCCCC/C=C\C/C=C\CCCCCCCC(=O)O.NCCc1ccc(O)c(O)c1. The van der Waals surface area contributed by atoms with E-state index in [-0.39, 0.29) is 11.5 Å². The number of rotatable bonds is 16. The monoisotopic (exact) mass is 433 g/mol. The van der Waals surface area contributed by atoms with E-state index >= 15 is 0 Å². The van der Waals surface area contributed by atoms with Gasteiger partial charge in [-0.05, 0) is 69.2 Å². The second kappa shape index (κ2) is 21.0. The summed E-state index contributed by atoms with van der Waals surface area (Å²) in [5.41, 5.74) is 6.24. The summed E-state index contributed by atoms with van der Waals surface area (Å²) < 4.78 is 0. The molecule has 1 aromatic carbocycles. The number of aromatic hydroxyl groups is 2. The first kappa shape index (κ1) is 28.7. The molecular formula is C26H43NO4. The number of phenolic OH excluding ortho intramolecular Hbond substituents is 2. The molecule has 0 fully saturated rings. The Labute approximate surface area is 188 Å². The number of hydrogen-bond acceptors (Lipinski definition) is 4. The van der Waals surface area contributed by atoms with Crippen LogP contribution < -0.4 is 5.73 Å². The Morgan fingerprint density at radius 1 is 0.871 bits per heavy atom. The van der Waals surface area contributed by atoms with Gasteiger partial charge in [0.2, 0.25) is 0 Å². The first-order chi connectivity index (χ1) is 15.0. The van der Waals surface area contributed by atoms with Gasteiger partial charge in [-0.3, -0.25) is 4.79 Å². The minimum atomic E-state index is -0.671. The fraction of sp³-hybridized carbons (Fsp3) is 0.577. The Morgan fingerprint density at radius 2 is 1.48 bits per heavy atom. The lowest BCUT2D eigenvalue weighted by molar-refractivity contribution is -0.137. The fourth-order valence-electron chi connectivity index (χ4n) is 2.98. The van der Waals surface area contributed by atoms with Gasteiger partial charge in [0, 0.05) is 6.42 Å². The third kappa shape index (κ3) is 19.4. The van der Waals surface area contributed by atoms with Crippen LogP contribution in [-0.4, -0.2) is 27.8 Å². The number of carbonyl (C=O) groups is 1. The van der Waals surface area contributed by atoms with Gasteiger partial charge in [-0.1, -0.05) is 69.4 Å². The number of aliphatic carboxylic acids is 1. The molecule has 5 heteroatoms. The van der Waals surface area contributed by atoms with E-state index in [0.717, 1.165) is 31.2 Å². The van der Waals surface area contributed by atoms with Gasteiger partial charge in [0.25, 0.3) is 0 Å². The number of hydrogen-bond donors (Lipinski definition) is 4. The summed E-state index contributed by atoms with van der Waals surface area (Å²) >= 11 is 0. The zero-order chi connectivity index (χ0) is 23.2. The molecule has 0 amide bonds. The van der Waals surface area contributed by atoms with E-state index in [0.29, 0.717) is 19.4 Å². The molecule has 0 aliphatic rings. The molecule has 0 saturated heterocycles. The van der Waals surface area contributed by atoms with Crippen LogP contribution >= 0.6 is 0 Å². The first-order valence-corrected chi connectivity index (χ1v) is 11.7. The van der Waals surface area contributed by atoms with Gasteiger partial charge in [-0.2, -0.15) is 0 Å². The maximum absolute atomic E-state index is 10.3. The van der Waals surface area contributed by atoms with Crippen molar-refractivity contribution in [3.05, 3.63) is 48.1 Å². The molecule has 0 aliphatic carbocycles. The van der Waals surface area contributed by atoms with Crippen LogP contribution in [0.1, 0.15) is 89.5 Å². The summed E-state index contributed by atoms with van der Waals surface area (Å²) in [7, 11) is 0. The van der Waals surface area contributed by atoms with Crippen LogP contribution in [0.15, 0.2) is 42.5 Å². The molecule has 0 aliphatic heterocycles. The standard InChI is InChI=1S/C18H32O2.C8H11NO2/c1-2-3-4-5-6-7-8-9-10-11-12-13-14-15-16-17-18(19)20;9-4-3-6-1-2-7(10)8(11)5-6/h6-7,9-10H,2-5,8,11-17H2,1H3,(H,19,20);1-2,5,10-11H,3-4,9H2/b7-6-,10-9-;. The van der Waals surface area contributed by atoms with Crippen molar-refractivity contribution >= 4 is 5.97 Å². The van der Waals surface area contributed by atoms with Crippen molar-refractivity contribution in [3.63, 3.8) is 0 Å². The number of carboxylic acids is 1. The molecular weight excluding hydrogens is 390 g/mol. The largest absolute Gasteiger partial charge is 0.504 e. The summed E-state index contributed by atoms with van der Waals surface area (Å²) in [4.78, 5) is 10.3. The summed E-state index contributed by atoms with van der Waals surface area (Å²) in [5, 5.41) is 26.5. The summed E-state index contributed by atoms with van der Waals surface area (Å²) in [6.45, 7) is 2.78. The minimum Gasteiger partial charge on any atom is -0.504 e. The predicted octanol–water partition coefficient (Wildman–Crippen LogP) is 6.48. The van der Waals surface area contributed by atoms with Gasteiger partial charge < -0.3 is 21.1 Å². The van der Waals surface area contributed by atoms with E-state index < -0.39 is 5.97 Å². The molecule has 5 N–H and O–H groups in total. The third-order valence-corrected chi connectivity index (χ3v) is 4.81. The van der Waals surface area contributed by atoms with Crippen molar-refractivity contribution in [1.82, 2.24) is 0 Å². The van der Waals surface area contributed by atoms with E-state index in [4.69, 9.17) is 21.1 Å². The topological polar surface area (TPSA) is 104 Å². The van der Waals surface area contributed by atoms with Crippen molar-refractivity contribution in [1.29, 1.82) is 0 Å². The van der Waals surface area contributed by atoms with Crippen LogP contribution in [0.3, 0.4) is 0 Å². The number of carboxylic acid groups (broad SMARTS) is 1. The fourth-order valence-corrected chi connectivity index (χ4v) is 2.98. The molecule has 0 spiro atoms. The van der Waals surface area contributed by atoms with Gasteiger partial charge in [-0.15, -0.1) is 0 Å². The average Bonchev–Trinajstić information content (AvgIpc) is 2.74. The molecule has 0 heterocycles. The van der Waals surface area contributed by atoms with E-state index in [9.17, 15) is 4.79 Å². The molecule has 0 unspecified atom stereocenters. The molecule has 1 rings (SSSR count). The number of phenols is 2. The summed E-state index contributed by atoms with van der Waals surface area (Å²) in [6, 6.07) is 4.71. The molecule has 0 saturated carbocycles. The van der Waals surface area contributed by atoms with Gasteiger partial charge in [0.1, 0.15) is 0 Å². The second-order valence-corrected chi connectivity index (χ2v) is 7.74. The zero-order valence-corrected chi connectivity index (χ0v) is 19.3. The van der Waals surface area contributed by atoms with Crippen molar-refractivity contribution in [2.45, 2.75) is 90.4 Å². The summed E-state index contributed by atoms with van der Waals surface area (Å²) in [6.07, 6.45) is 23.0. The van der Waals surface area contributed by atoms with Crippen molar-refractivity contribution in [3.8, 4) is 11.5 Å².